The molecule has 1 aliphatic rings. The van der Waals surface area contributed by atoms with Crippen molar-refractivity contribution in [3.8, 4) is 0 Å². The molecule has 1 aliphatic carbocycles. The zero-order chi connectivity index (χ0) is 18.1. The number of aliphatic carboxylic acids is 1. The van der Waals surface area contributed by atoms with Crippen molar-refractivity contribution < 1.29 is 27.9 Å². The van der Waals surface area contributed by atoms with Gasteiger partial charge in [0, 0.05) is 17.9 Å². The van der Waals surface area contributed by atoms with Crippen LogP contribution in [-0.4, -0.2) is 22.5 Å². The summed E-state index contributed by atoms with van der Waals surface area (Å²) in [4.78, 5) is 22.9. The highest BCUT2D eigenvalue weighted by atomic mass is 19.4. The molecule has 0 radical (unpaired) electrons. The number of amides is 1. The van der Waals surface area contributed by atoms with E-state index in [0.29, 0.717) is 12.0 Å². The SMILES string of the molecule is CC(C)(CCC(=O)O)NC(=O)C1CC1c1cccc(C(F)(F)F)c1. The van der Waals surface area contributed by atoms with E-state index in [4.69, 9.17) is 5.11 Å². The van der Waals surface area contributed by atoms with Crippen LogP contribution in [0, 0.1) is 5.92 Å². The Bertz CT molecular complexity index is 640. The molecule has 2 N–H and O–H groups in total. The highest BCUT2D eigenvalue weighted by Gasteiger charge is 2.45. The standard InChI is InChI=1S/C17H20F3NO3/c1-16(2,7-6-14(22)23)21-15(24)13-9-12(13)10-4-3-5-11(8-10)17(18,19)20/h3-5,8,12-13H,6-7,9H2,1-2H3,(H,21,24)(H,22,23). The fourth-order valence-electron chi connectivity index (χ4n) is 2.71. The number of nitrogens with one attached hydrogen (secondary N) is 1. The summed E-state index contributed by atoms with van der Waals surface area (Å²) in [7, 11) is 0. The largest absolute Gasteiger partial charge is 0.481 e. The monoisotopic (exact) mass is 343 g/mol. The molecule has 2 unspecified atom stereocenters. The van der Waals surface area contributed by atoms with Crippen molar-refractivity contribution >= 4 is 11.9 Å². The van der Waals surface area contributed by atoms with Crippen LogP contribution in [0.1, 0.15) is 50.2 Å². The number of carboxylic acid groups (broad SMARTS) is 1. The number of rotatable bonds is 6. The molecule has 4 nitrogen and oxygen atoms in total. The minimum absolute atomic E-state index is 0.0605. The van der Waals surface area contributed by atoms with Gasteiger partial charge < -0.3 is 10.4 Å². The first kappa shape index (κ1) is 18.3. The van der Waals surface area contributed by atoms with Crippen molar-refractivity contribution in [2.75, 3.05) is 0 Å². The van der Waals surface area contributed by atoms with Crippen LogP contribution in [0.4, 0.5) is 13.2 Å². The van der Waals surface area contributed by atoms with Gasteiger partial charge in [-0.25, -0.2) is 0 Å². The van der Waals surface area contributed by atoms with Crippen molar-refractivity contribution in [1.82, 2.24) is 5.32 Å². The Labute approximate surface area is 138 Å². The average Bonchev–Trinajstić information content (AvgIpc) is 3.25. The number of alkyl halides is 3. The van der Waals surface area contributed by atoms with Crippen LogP contribution in [0.15, 0.2) is 24.3 Å². The molecule has 1 amide bonds. The molecular weight excluding hydrogens is 323 g/mol. The number of carboxylic acids is 1. The number of hydrogen-bond acceptors (Lipinski definition) is 2. The molecule has 1 saturated carbocycles. The lowest BCUT2D eigenvalue weighted by molar-refractivity contribution is -0.138. The smallest absolute Gasteiger partial charge is 0.416 e. The summed E-state index contributed by atoms with van der Waals surface area (Å²) in [6, 6.07) is 5.05. The zero-order valence-electron chi connectivity index (χ0n) is 13.5. The minimum atomic E-state index is -4.40. The van der Waals surface area contributed by atoms with E-state index in [1.165, 1.54) is 6.07 Å². The van der Waals surface area contributed by atoms with E-state index in [1.807, 2.05) is 0 Å². The van der Waals surface area contributed by atoms with E-state index in [2.05, 4.69) is 5.32 Å². The summed E-state index contributed by atoms with van der Waals surface area (Å²) < 4.78 is 38.3. The normalized spacial score (nSPS) is 20.5. The second kappa shape index (κ2) is 6.45. The molecule has 0 saturated heterocycles. The van der Waals surface area contributed by atoms with Gasteiger partial charge in [-0.15, -0.1) is 0 Å². The molecule has 2 atom stereocenters. The number of halogens is 3. The Morgan fingerprint density at radius 3 is 2.54 bits per heavy atom. The van der Waals surface area contributed by atoms with E-state index < -0.39 is 23.2 Å². The Morgan fingerprint density at radius 1 is 1.29 bits per heavy atom. The van der Waals surface area contributed by atoms with Crippen molar-refractivity contribution in [3.63, 3.8) is 0 Å². The van der Waals surface area contributed by atoms with Gasteiger partial charge >= 0.3 is 12.1 Å². The summed E-state index contributed by atoms with van der Waals surface area (Å²) in [6.07, 6.45) is -3.67. The van der Waals surface area contributed by atoms with Crippen LogP contribution in [-0.2, 0) is 15.8 Å². The fourth-order valence-corrected chi connectivity index (χ4v) is 2.71. The minimum Gasteiger partial charge on any atom is -0.481 e. The van der Waals surface area contributed by atoms with Crippen molar-refractivity contribution in [2.24, 2.45) is 5.92 Å². The summed E-state index contributed by atoms with van der Waals surface area (Å²) in [5, 5.41) is 11.5. The first-order chi connectivity index (χ1) is 11.0. The Morgan fingerprint density at radius 2 is 1.96 bits per heavy atom. The zero-order valence-corrected chi connectivity index (χ0v) is 13.5. The van der Waals surface area contributed by atoms with E-state index in [-0.39, 0.29) is 30.6 Å². The van der Waals surface area contributed by atoms with Gasteiger partial charge in [-0.05, 0) is 44.2 Å². The van der Waals surface area contributed by atoms with Gasteiger partial charge in [0.25, 0.3) is 0 Å². The molecule has 0 aromatic heterocycles. The maximum Gasteiger partial charge on any atom is 0.416 e. The lowest BCUT2D eigenvalue weighted by atomic mass is 9.97. The maximum atomic E-state index is 12.8. The van der Waals surface area contributed by atoms with Gasteiger partial charge in [-0.2, -0.15) is 13.2 Å². The predicted octanol–water partition coefficient (Wildman–Crippen LogP) is 3.57. The molecule has 1 fully saturated rings. The molecule has 7 heteroatoms. The Kier molecular flexibility index (Phi) is 4.92. The molecule has 0 aliphatic heterocycles. The van der Waals surface area contributed by atoms with E-state index in [0.717, 1.165) is 12.1 Å². The van der Waals surface area contributed by atoms with Gasteiger partial charge in [-0.1, -0.05) is 18.2 Å². The molecule has 24 heavy (non-hydrogen) atoms. The quantitative estimate of drug-likeness (QED) is 0.830. The lowest BCUT2D eigenvalue weighted by Gasteiger charge is -2.25. The van der Waals surface area contributed by atoms with Crippen LogP contribution in [0.25, 0.3) is 0 Å². The third kappa shape index (κ3) is 4.72. The van der Waals surface area contributed by atoms with Crippen LogP contribution < -0.4 is 5.32 Å². The molecule has 0 spiro atoms. The number of carbonyl (C=O) groups excluding carboxylic acids is 1. The van der Waals surface area contributed by atoms with Gasteiger partial charge in [0.2, 0.25) is 5.91 Å². The second-order valence-electron chi connectivity index (χ2n) is 6.84. The molecule has 2 rings (SSSR count). The molecular formula is C17H20F3NO3. The third-order valence-electron chi connectivity index (χ3n) is 4.19. The van der Waals surface area contributed by atoms with Crippen LogP contribution in [0.3, 0.4) is 0 Å². The van der Waals surface area contributed by atoms with Gasteiger partial charge in [0.1, 0.15) is 0 Å². The summed E-state index contributed by atoms with van der Waals surface area (Å²) in [5.74, 6) is -1.77. The molecule has 1 aromatic rings. The first-order valence-electron chi connectivity index (χ1n) is 7.70. The van der Waals surface area contributed by atoms with Crippen LogP contribution >= 0.6 is 0 Å². The summed E-state index contributed by atoms with van der Waals surface area (Å²) in [6.45, 7) is 3.46. The van der Waals surface area contributed by atoms with Crippen LogP contribution in [0.2, 0.25) is 0 Å². The Balaban J connectivity index is 1.97. The number of benzene rings is 1. The average molecular weight is 343 g/mol. The topological polar surface area (TPSA) is 66.4 Å². The van der Waals surface area contributed by atoms with E-state index >= 15 is 0 Å². The van der Waals surface area contributed by atoms with Crippen molar-refractivity contribution in [2.45, 2.75) is 50.7 Å². The van der Waals surface area contributed by atoms with Crippen LogP contribution in [0.5, 0.6) is 0 Å². The number of carbonyl (C=O) groups is 2. The molecule has 0 heterocycles. The van der Waals surface area contributed by atoms with Gasteiger partial charge in [0.15, 0.2) is 0 Å². The number of hydrogen-bond donors (Lipinski definition) is 2. The fraction of sp³-hybridized carbons (Fsp3) is 0.529. The van der Waals surface area contributed by atoms with Crippen molar-refractivity contribution in [1.29, 1.82) is 0 Å². The van der Waals surface area contributed by atoms with Gasteiger partial charge in [0.05, 0.1) is 5.56 Å². The summed E-state index contributed by atoms with van der Waals surface area (Å²) >= 11 is 0. The summed E-state index contributed by atoms with van der Waals surface area (Å²) in [5.41, 5.74) is -0.877. The van der Waals surface area contributed by atoms with Gasteiger partial charge in [-0.3, -0.25) is 9.59 Å². The predicted molar refractivity (Wildman–Crippen MR) is 81.4 cm³/mol. The molecule has 132 valence electrons. The molecule has 1 aromatic carbocycles. The van der Waals surface area contributed by atoms with E-state index in [1.54, 1.807) is 19.9 Å². The highest BCUT2D eigenvalue weighted by Crippen LogP contribution is 2.48. The Hall–Kier alpha value is -2.05. The first-order valence-corrected chi connectivity index (χ1v) is 7.70. The lowest BCUT2D eigenvalue weighted by Crippen LogP contribution is -2.44. The third-order valence-corrected chi connectivity index (χ3v) is 4.19. The second-order valence-corrected chi connectivity index (χ2v) is 6.84. The molecule has 0 bridgehead atoms. The highest BCUT2D eigenvalue weighted by molar-refractivity contribution is 5.83. The van der Waals surface area contributed by atoms with E-state index in [9.17, 15) is 22.8 Å². The maximum absolute atomic E-state index is 12.8. The van der Waals surface area contributed by atoms with Crippen molar-refractivity contribution in [3.05, 3.63) is 35.4 Å².